The van der Waals surface area contributed by atoms with Crippen molar-refractivity contribution >= 4 is 11.6 Å². The first-order chi connectivity index (χ1) is 14.1. The van der Waals surface area contributed by atoms with E-state index < -0.39 is 0 Å². The molecule has 0 fully saturated rings. The van der Waals surface area contributed by atoms with Gasteiger partial charge in [-0.3, -0.25) is 14.7 Å². The van der Waals surface area contributed by atoms with Crippen molar-refractivity contribution in [3.05, 3.63) is 68.9 Å². The summed E-state index contributed by atoms with van der Waals surface area (Å²) < 4.78 is 10.7. The van der Waals surface area contributed by atoms with Gasteiger partial charge < -0.3 is 14.5 Å². The Bertz CT molecular complexity index is 1090. The topological polar surface area (TPSA) is 80.3 Å². The number of pyridine rings is 1. The number of aromatic amines is 1. The van der Waals surface area contributed by atoms with Crippen LogP contribution < -0.4 is 15.0 Å². The van der Waals surface area contributed by atoms with E-state index in [2.05, 4.69) is 19.9 Å². The molecule has 4 rings (SSSR count). The largest absolute Gasteiger partial charge is 0.493 e. The molecular weight excluding hydrogens is 392 g/mol. The Morgan fingerprint density at radius 3 is 2.83 bits per heavy atom. The highest BCUT2D eigenvalue weighted by atomic mass is 35.5. The summed E-state index contributed by atoms with van der Waals surface area (Å²) in [6.45, 7) is 1.89. The van der Waals surface area contributed by atoms with E-state index in [1.54, 1.807) is 26.6 Å². The molecule has 1 aromatic carbocycles. The van der Waals surface area contributed by atoms with Crippen LogP contribution in [0.5, 0.6) is 11.5 Å². The quantitative estimate of drug-likeness (QED) is 0.693. The van der Waals surface area contributed by atoms with Gasteiger partial charge in [0.1, 0.15) is 5.82 Å². The van der Waals surface area contributed by atoms with Crippen molar-refractivity contribution < 1.29 is 9.47 Å². The molecule has 0 saturated carbocycles. The molecule has 0 spiro atoms. The standard InChI is InChI=1S/C21H21ClN4O3/c1-28-17-6-5-14(18(22)19(17)29-2)11-26-9-7-16-15(12-26)21(27)25-20(24-16)13-4-3-8-23-10-13/h3-6,8,10H,7,9,11-12H2,1-2H3,(H,24,25,27). The number of methoxy groups -OCH3 is 2. The molecule has 0 radical (unpaired) electrons. The zero-order chi connectivity index (χ0) is 20.4. The molecule has 1 N–H and O–H groups in total. The number of nitrogens with one attached hydrogen (secondary N) is 1. The lowest BCUT2D eigenvalue weighted by Gasteiger charge is -2.28. The molecule has 3 aromatic rings. The van der Waals surface area contributed by atoms with Crippen LogP contribution >= 0.6 is 11.6 Å². The first-order valence-corrected chi connectivity index (χ1v) is 9.62. The molecular formula is C21H21ClN4O3. The molecule has 0 bridgehead atoms. The van der Waals surface area contributed by atoms with E-state index in [0.717, 1.165) is 23.4 Å². The summed E-state index contributed by atoms with van der Waals surface area (Å²) in [7, 11) is 3.14. The van der Waals surface area contributed by atoms with Gasteiger partial charge in [-0.1, -0.05) is 17.7 Å². The first-order valence-electron chi connectivity index (χ1n) is 9.25. The molecule has 8 heteroatoms. The maximum absolute atomic E-state index is 12.7. The van der Waals surface area contributed by atoms with Crippen molar-refractivity contribution in [2.24, 2.45) is 0 Å². The number of nitrogens with zero attached hydrogens (tertiary/aromatic N) is 3. The van der Waals surface area contributed by atoms with Crippen molar-refractivity contribution in [2.45, 2.75) is 19.5 Å². The van der Waals surface area contributed by atoms with Gasteiger partial charge >= 0.3 is 0 Å². The van der Waals surface area contributed by atoms with Crippen molar-refractivity contribution in [3.8, 4) is 22.9 Å². The maximum atomic E-state index is 12.7. The summed E-state index contributed by atoms with van der Waals surface area (Å²) >= 11 is 6.51. The van der Waals surface area contributed by atoms with Crippen molar-refractivity contribution in [2.75, 3.05) is 20.8 Å². The molecule has 1 aliphatic rings. The number of hydrogen-bond acceptors (Lipinski definition) is 6. The van der Waals surface area contributed by atoms with Gasteiger partial charge in [-0.05, 0) is 23.8 Å². The van der Waals surface area contributed by atoms with Crippen LogP contribution in [0.1, 0.15) is 16.8 Å². The summed E-state index contributed by atoms with van der Waals surface area (Å²) in [6.07, 6.45) is 4.08. The number of ether oxygens (including phenoxy) is 2. The van der Waals surface area contributed by atoms with Crippen LogP contribution in [-0.2, 0) is 19.5 Å². The number of aromatic nitrogens is 3. The van der Waals surface area contributed by atoms with Crippen LogP contribution in [0.15, 0.2) is 41.5 Å². The van der Waals surface area contributed by atoms with Gasteiger partial charge in [0.2, 0.25) is 0 Å². The van der Waals surface area contributed by atoms with Crippen LogP contribution in [0.25, 0.3) is 11.4 Å². The lowest BCUT2D eigenvalue weighted by molar-refractivity contribution is 0.241. The van der Waals surface area contributed by atoms with E-state index in [-0.39, 0.29) is 5.56 Å². The number of hydrogen-bond donors (Lipinski definition) is 1. The van der Waals surface area contributed by atoms with Crippen LogP contribution in [0.3, 0.4) is 0 Å². The van der Waals surface area contributed by atoms with Crippen LogP contribution in [-0.4, -0.2) is 40.6 Å². The molecule has 3 heterocycles. The molecule has 0 saturated heterocycles. The van der Waals surface area contributed by atoms with Gasteiger partial charge in [-0.15, -0.1) is 0 Å². The normalized spacial score (nSPS) is 13.8. The van der Waals surface area contributed by atoms with Gasteiger partial charge in [-0.25, -0.2) is 4.98 Å². The summed E-state index contributed by atoms with van der Waals surface area (Å²) in [6, 6.07) is 7.47. The van der Waals surface area contributed by atoms with E-state index in [4.69, 9.17) is 21.1 Å². The summed E-state index contributed by atoms with van der Waals surface area (Å²) in [4.78, 5) is 26.5. The van der Waals surface area contributed by atoms with Crippen LogP contribution in [0.4, 0.5) is 0 Å². The maximum Gasteiger partial charge on any atom is 0.255 e. The summed E-state index contributed by atoms with van der Waals surface area (Å²) in [5.41, 5.74) is 3.13. The van der Waals surface area contributed by atoms with Crippen LogP contribution in [0, 0.1) is 0 Å². The fraction of sp³-hybridized carbons (Fsp3) is 0.286. The fourth-order valence-corrected chi connectivity index (χ4v) is 3.84. The second-order valence-electron chi connectivity index (χ2n) is 6.82. The molecule has 150 valence electrons. The molecule has 0 amide bonds. The number of rotatable bonds is 5. The first kappa shape index (κ1) is 19.4. The van der Waals surface area contributed by atoms with Gasteiger partial charge in [-0.2, -0.15) is 0 Å². The van der Waals surface area contributed by atoms with E-state index >= 15 is 0 Å². The Morgan fingerprint density at radius 2 is 2.10 bits per heavy atom. The molecule has 0 atom stereocenters. The van der Waals surface area contributed by atoms with Crippen molar-refractivity contribution in [3.63, 3.8) is 0 Å². The molecule has 2 aromatic heterocycles. The number of H-pyrrole nitrogens is 1. The van der Waals surface area contributed by atoms with Crippen molar-refractivity contribution in [1.82, 2.24) is 19.9 Å². The third-order valence-corrected chi connectivity index (χ3v) is 5.46. The number of halogens is 1. The lowest BCUT2D eigenvalue weighted by atomic mass is 10.1. The third-order valence-electron chi connectivity index (χ3n) is 5.04. The molecule has 0 unspecified atom stereocenters. The van der Waals surface area contributed by atoms with E-state index in [1.807, 2.05) is 24.3 Å². The predicted octanol–water partition coefficient (Wildman–Crippen LogP) is 3.06. The summed E-state index contributed by atoms with van der Waals surface area (Å²) in [5.74, 6) is 1.66. The average molecular weight is 413 g/mol. The minimum Gasteiger partial charge on any atom is -0.493 e. The Labute approximate surface area is 173 Å². The second-order valence-corrected chi connectivity index (χ2v) is 7.19. The Balaban J connectivity index is 1.58. The molecule has 29 heavy (non-hydrogen) atoms. The Hall–Kier alpha value is -2.90. The Morgan fingerprint density at radius 1 is 1.24 bits per heavy atom. The van der Waals surface area contributed by atoms with Gasteiger partial charge in [0.25, 0.3) is 5.56 Å². The van der Waals surface area contributed by atoms with Crippen LogP contribution in [0.2, 0.25) is 5.02 Å². The highest BCUT2D eigenvalue weighted by molar-refractivity contribution is 6.33. The number of benzene rings is 1. The van der Waals surface area contributed by atoms with Gasteiger partial charge in [0.05, 0.1) is 30.5 Å². The minimum absolute atomic E-state index is 0.114. The summed E-state index contributed by atoms with van der Waals surface area (Å²) in [5, 5.41) is 0.525. The SMILES string of the molecule is COc1ccc(CN2CCc3nc(-c4cccnc4)[nH]c(=O)c3C2)c(Cl)c1OC. The van der Waals surface area contributed by atoms with E-state index in [0.29, 0.717) is 47.4 Å². The number of fused-ring (bicyclic) bond motifs is 1. The molecule has 1 aliphatic heterocycles. The van der Waals surface area contributed by atoms with E-state index in [9.17, 15) is 4.79 Å². The van der Waals surface area contributed by atoms with Gasteiger partial charge in [0.15, 0.2) is 11.5 Å². The lowest BCUT2D eigenvalue weighted by Crippen LogP contribution is -2.35. The zero-order valence-electron chi connectivity index (χ0n) is 16.2. The van der Waals surface area contributed by atoms with E-state index in [1.165, 1.54) is 0 Å². The molecule has 7 nitrogen and oxygen atoms in total. The zero-order valence-corrected chi connectivity index (χ0v) is 17.0. The van der Waals surface area contributed by atoms with Crippen molar-refractivity contribution in [1.29, 1.82) is 0 Å². The van der Waals surface area contributed by atoms with Gasteiger partial charge in [0, 0.05) is 44.0 Å². The minimum atomic E-state index is -0.114. The monoisotopic (exact) mass is 412 g/mol. The highest BCUT2D eigenvalue weighted by Crippen LogP contribution is 2.38. The third kappa shape index (κ3) is 3.83. The smallest absolute Gasteiger partial charge is 0.255 e. The highest BCUT2D eigenvalue weighted by Gasteiger charge is 2.23. The predicted molar refractivity (Wildman–Crippen MR) is 110 cm³/mol. The fourth-order valence-electron chi connectivity index (χ4n) is 3.55. The average Bonchev–Trinajstić information content (AvgIpc) is 2.75. The second kappa shape index (κ2) is 8.23. The Kier molecular flexibility index (Phi) is 5.51. The molecule has 0 aliphatic carbocycles.